The molecule has 1 aliphatic heterocycles. The fourth-order valence-electron chi connectivity index (χ4n) is 2.99. The average Bonchev–Trinajstić information content (AvgIpc) is 2.88. The Morgan fingerprint density at radius 2 is 1.80 bits per heavy atom. The summed E-state index contributed by atoms with van der Waals surface area (Å²) in [5.74, 6) is 0.530. The van der Waals surface area contributed by atoms with Gasteiger partial charge in [-0.1, -0.05) is 12.8 Å². The average molecular weight is 365 g/mol. The van der Waals surface area contributed by atoms with E-state index in [4.69, 9.17) is 5.73 Å². The van der Waals surface area contributed by atoms with Crippen LogP contribution in [0.25, 0.3) is 0 Å². The number of hydrogen-bond donors (Lipinski definition) is 3. The topological polar surface area (TPSA) is 87.5 Å². The zero-order valence-electron chi connectivity index (χ0n) is 14.8. The number of nitrogens with zero attached hydrogens (tertiary/aromatic N) is 1. The van der Waals surface area contributed by atoms with E-state index >= 15 is 0 Å². The zero-order valence-corrected chi connectivity index (χ0v) is 15.6. The van der Waals surface area contributed by atoms with Crippen LogP contribution in [0.15, 0.2) is 24.3 Å². The summed E-state index contributed by atoms with van der Waals surface area (Å²) in [6.45, 7) is 2.18. The van der Waals surface area contributed by atoms with Gasteiger partial charge < -0.3 is 21.3 Å². The van der Waals surface area contributed by atoms with Crippen LogP contribution in [0.4, 0.5) is 16.2 Å². The highest BCUT2D eigenvalue weighted by Crippen LogP contribution is 2.21. The molecule has 25 heavy (non-hydrogen) atoms. The van der Waals surface area contributed by atoms with Crippen LogP contribution in [0.3, 0.4) is 0 Å². The number of benzene rings is 1. The second-order valence-corrected chi connectivity index (χ2v) is 7.27. The van der Waals surface area contributed by atoms with E-state index in [1.54, 1.807) is 11.8 Å². The van der Waals surface area contributed by atoms with Crippen LogP contribution >= 0.6 is 11.8 Å². The molecule has 4 N–H and O–H groups in total. The number of carbonyl (C=O) groups is 2. The molecule has 0 spiro atoms. The summed E-state index contributed by atoms with van der Waals surface area (Å²) in [6, 6.07) is 6.61. The minimum absolute atomic E-state index is 0.240. The molecule has 0 unspecified atom stereocenters. The quantitative estimate of drug-likeness (QED) is 0.694. The van der Waals surface area contributed by atoms with Crippen molar-refractivity contribution < 1.29 is 9.59 Å². The molecule has 1 saturated heterocycles. The highest BCUT2D eigenvalue weighted by Gasteiger charge is 2.19. The van der Waals surface area contributed by atoms with Crippen molar-refractivity contribution in [2.45, 2.75) is 38.1 Å². The first-order valence-electron chi connectivity index (χ1n) is 8.81. The molecular weight excluding hydrogens is 336 g/mol. The Balaban J connectivity index is 1.95. The molecule has 6 nitrogen and oxygen atoms in total. The first kappa shape index (κ1) is 19.4. The van der Waals surface area contributed by atoms with Gasteiger partial charge in [0.25, 0.3) is 0 Å². The van der Waals surface area contributed by atoms with E-state index in [2.05, 4.69) is 15.5 Å². The number of primary amides is 1. The molecule has 3 amide bonds. The molecule has 0 saturated carbocycles. The Kier molecular flexibility index (Phi) is 7.91. The van der Waals surface area contributed by atoms with Crippen LogP contribution < -0.4 is 21.3 Å². The lowest BCUT2D eigenvalue weighted by Crippen LogP contribution is -2.46. The molecule has 2 rings (SSSR count). The van der Waals surface area contributed by atoms with E-state index in [0.29, 0.717) is 6.42 Å². The van der Waals surface area contributed by atoms with Gasteiger partial charge in [0.1, 0.15) is 6.04 Å². The molecule has 0 aliphatic carbocycles. The Labute approximate surface area is 153 Å². The van der Waals surface area contributed by atoms with Crippen LogP contribution in [0.2, 0.25) is 0 Å². The molecule has 1 fully saturated rings. The van der Waals surface area contributed by atoms with Gasteiger partial charge in [0.05, 0.1) is 0 Å². The van der Waals surface area contributed by atoms with Crippen LogP contribution in [0.1, 0.15) is 32.1 Å². The minimum atomic E-state index is -0.683. The lowest BCUT2D eigenvalue weighted by molar-refractivity contribution is -0.117. The van der Waals surface area contributed by atoms with Gasteiger partial charge in [-0.3, -0.25) is 4.79 Å². The number of hydrogen-bond acceptors (Lipinski definition) is 4. The van der Waals surface area contributed by atoms with Gasteiger partial charge in [0.2, 0.25) is 5.91 Å². The maximum absolute atomic E-state index is 12.4. The lowest BCUT2D eigenvalue weighted by Gasteiger charge is -2.23. The SMILES string of the molecule is CSCC[C@@H](NC(N)=O)C(=O)Nc1ccc(N2CCCCCC2)cc1. The fourth-order valence-corrected chi connectivity index (χ4v) is 3.46. The van der Waals surface area contributed by atoms with E-state index in [0.717, 1.165) is 24.5 Å². The number of anilines is 2. The highest BCUT2D eigenvalue weighted by molar-refractivity contribution is 7.98. The van der Waals surface area contributed by atoms with Gasteiger partial charge in [-0.2, -0.15) is 11.8 Å². The van der Waals surface area contributed by atoms with Crippen LogP contribution in [0.5, 0.6) is 0 Å². The molecule has 1 heterocycles. The summed E-state index contributed by atoms with van der Waals surface area (Å²) in [7, 11) is 0. The molecule has 138 valence electrons. The number of nitrogens with two attached hydrogens (primary N) is 1. The molecular formula is C18H28N4O2S. The van der Waals surface area contributed by atoms with Crippen molar-refractivity contribution in [2.75, 3.05) is 35.3 Å². The van der Waals surface area contributed by atoms with Gasteiger partial charge in [0.15, 0.2) is 0 Å². The molecule has 0 bridgehead atoms. The second kappa shape index (κ2) is 10.2. The van der Waals surface area contributed by atoms with Crippen LogP contribution in [0, 0.1) is 0 Å². The standard InChI is InChI=1S/C18H28N4O2S/c1-25-13-10-16(21-18(19)24)17(23)20-14-6-8-15(9-7-14)22-11-4-2-3-5-12-22/h6-9,16H,2-5,10-13H2,1H3,(H,20,23)(H3,19,21,24)/t16-/m1/s1. The molecule has 1 aromatic carbocycles. The summed E-state index contributed by atoms with van der Waals surface area (Å²) in [5, 5.41) is 5.37. The van der Waals surface area contributed by atoms with Gasteiger partial charge in [-0.05, 0) is 55.5 Å². The first-order valence-corrected chi connectivity index (χ1v) is 10.2. The van der Waals surface area contributed by atoms with Gasteiger partial charge >= 0.3 is 6.03 Å². The molecule has 0 aromatic heterocycles. The summed E-state index contributed by atoms with van der Waals surface area (Å²) in [4.78, 5) is 25.9. The van der Waals surface area contributed by atoms with E-state index in [1.165, 1.54) is 31.4 Å². The van der Waals surface area contributed by atoms with E-state index in [9.17, 15) is 9.59 Å². The smallest absolute Gasteiger partial charge is 0.312 e. The summed E-state index contributed by atoms with van der Waals surface area (Å²) >= 11 is 1.62. The van der Waals surface area contributed by atoms with Crippen LogP contribution in [-0.4, -0.2) is 43.1 Å². The van der Waals surface area contributed by atoms with E-state index in [1.807, 2.05) is 30.5 Å². The van der Waals surface area contributed by atoms with Crippen molar-refractivity contribution in [1.82, 2.24) is 5.32 Å². The number of amides is 3. The number of nitrogens with one attached hydrogen (secondary N) is 2. The van der Waals surface area contributed by atoms with Crippen LogP contribution in [-0.2, 0) is 4.79 Å². The van der Waals surface area contributed by atoms with E-state index in [-0.39, 0.29) is 5.91 Å². The summed E-state index contributed by atoms with van der Waals surface area (Å²) in [5.41, 5.74) is 7.08. The maximum atomic E-state index is 12.4. The molecule has 1 atom stereocenters. The Hall–Kier alpha value is -1.89. The number of urea groups is 1. The monoisotopic (exact) mass is 364 g/mol. The predicted octanol–water partition coefficient (Wildman–Crippen LogP) is 2.80. The van der Waals surface area contributed by atoms with Crippen molar-refractivity contribution in [2.24, 2.45) is 5.73 Å². The molecule has 1 aliphatic rings. The van der Waals surface area contributed by atoms with Gasteiger partial charge in [-0.15, -0.1) is 0 Å². The van der Waals surface area contributed by atoms with Crippen molar-refractivity contribution in [1.29, 1.82) is 0 Å². The lowest BCUT2D eigenvalue weighted by atomic mass is 10.2. The predicted molar refractivity (Wildman–Crippen MR) is 105 cm³/mol. The van der Waals surface area contributed by atoms with E-state index < -0.39 is 12.1 Å². The number of thioether (sulfide) groups is 1. The van der Waals surface area contributed by atoms with Crippen molar-refractivity contribution in [3.8, 4) is 0 Å². The molecule has 0 radical (unpaired) electrons. The van der Waals surface area contributed by atoms with Gasteiger partial charge in [0, 0.05) is 24.5 Å². The third kappa shape index (κ3) is 6.49. The number of carbonyl (C=O) groups excluding carboxylic acids is 2. The van der Waals surface area contributed by atoms with Crippen molar-refractivity contribution >= 4 is 35.1 Å². The maximum Gasteiger partial charge on any atom is 0.312 e. The molecule has 1 aromatic rings. The Morgan fingerprint density at radius 1 is 1.16 bits per heavy atom. The largest absolute Gasteiger partial charge is 0.372 e. The second-order valence-electron chi connectivity index (χ2n) is 6.28. The van der Waals surface area contributed by atoms with Gasteiger partial charge in [-0.25, -0.2) is 4.79 Å². The third-order valence-corrected chi connectivity index (χ3v) is 4.99. The van der Waals surface area contributed by atoms with Crippen molar-refractivity contribution in [3.05, 3.63) is 24.3 Å². The van der Waals surface area contributed by atoms with Crippen molar-refractivity contribution in [3.63, 3.8) is 0 Å². The fraction of sp³-hybridized carbons (Fsp3) is 0.556. The molecule has 7 heteroatoms. The number of rotatable bonds is 7. The summed E-state index contributed by atoms with van der Waals surface area (Å²) in [6.07, 6.45) is 7.56. The third-order valence-electron chi connectivity index (χ3n) is 4.35. The zero-order chi connectivity index (χ0) is 18.1. The minimum Gasteiger partial charge on any atom is -0.372 e. The normalized spacial score (nSPS) is 16.0. The Bertz CT molecular complexity index is 557. The Morgan fingerprint density at radius 3 is 2.36 bits per heavy atom. The highest BCUT2D eigenvalue weighted by atomic mass is 32.2. The first-order chi connectivity index (χ1) is 12.1. The summed E-state index contributed by atoms with van der Waals surface area (Å²) < 4.78 is 0.